The molecule has 0 aromatic heterocycles. The highest BCUT2D eigenvalue weighted by molar-refractivity contribution is 5.85. The van der Waals surface area contributed by atoms with Gasteiger partial charge in [-0.05, 0) is 70.1 Å². The molecular weight excluding hydrogens is 333 g/mol. The van der Waals surface area contributed by atoms with Crippen LogP contribution >= 0.6 is 24.8 Å². The van der Waals surface area contributed by atoms with E-state index in [0.29, 0.717) is 18.4 Å². The van der Waals surface area contributed by atoms with Crippen LogP contribution in [-0.4, -0.2) is 49.6 Å². The van der Waals surface area contributed by atoms with Crippen molar-refractivity contribution in [2.45, 2.75) is 58.4 Å². The molecule has 2 N–H and O–H groups in total. The van der Waals surface area contributed by atoms with Crippen molar-refractivity contribution in [3.63, 3.8) is 0 Å². The highest BCUT2D eigenvalue weighted by Gasteiger charge is 2.21. The Bertz CT molecular complexity index is 315. The van der Waals surface area contributed by atoms with E-state index in [4.69, 9.17) is 0 Å². The zero-order valence-electron chi connectivity index (χ0n) is 14.7. The second-order valence-electron chi connectivity index (χ2n) is 7.27. The summed E-state index contributed by atoms with van der Waals surface area (Å²) in [7, 11) is 0. The smallest absolute Gasteiger partial charge is 0.221 e. The number of carbonyl (C=O) groups excluding carboxylic acids is 1. The third-order valence-electron chi connectivity index (χ3n) is 4.91. The molecule has 1 unspecified atom stereocenters. The molecule has 1 amide bonds. The normalized spacial score (nSPS) is 22.5. The molecule has 0 saturated carbocycles. The molecule has 2 fully saturated rings. The van der Waals surface area contributed by atoms with Crippen molar-refractivity contribution in [2.24, 2.45) is 11.8 Å². The molecule has 2 aliphatic heterocycles. The van der Waals surface area contributed by atoms with Gasteiger partial charge in [-0.2, -0.15) is 0 Å². The Morgan fingerprint density at radius 1 is 1.22 bits per heavy atom. The molecule has 0 spiro atoms. The zero-order valence-corrected chi connectivity index (χ0v) is 16.3. The van der Waals surface area contributed by atoms with E-state index in [1.807, 2.05) is 0 Å². The summed E-state index contributed by atoms with van der Waals surface area (Å²) in [6.45, 7) is 10.2. The van der Waals surface area contributed by atoms with Crippen LogP contribution in [0.3, 0.4) is 0 Å². The monoisotopic (exact) mass is 367 g/mol. The molecule has 0 aromatic rings. The molecule has 6 heteroatoms. The Hall–Kier alpha value is -0.0300. The summed E-state index contributed by atoms with van der Waals surface area (Å²) in [6, 6.07) is 0.419. The minimum Gasteiger partial charge on any atom is -0.356 e. The van der Waals surface area contributed by atoms with Crippen LogP contribution in [0.15, 0.2) is 0 Å². The summed E-state index contributed by atoms with van der Waals surface area (Å²) in [6.07, 6.45) is 6.80. The van der Waals surface area contributed by atoms with Crippen molar-refractivity contribution >= 4 is 30.7 Å². The third-order valence-corrected chi connectivity index (χ3v) is 4.91. The predicted molar refractivity (Wildman–Crippen MR) is 102 cm³/mol. The molecule has 2 heterocycles. The fraction of sp³-hybridized carbons (Fsp3) is 0.941. The fourth-order valence-electron chi connectivity index (χ4n) is 3.34. The molecule has 2 aliphatic rings. The summed E-state index contributed by atoms with van der Waals surface area (Å²) in [5.41, 5.74) is 0. The number of hydrogen-bond donors (Lipinski definition) is 2. The van der Waals surface area contributed by atoms with Crippen LogP contribution < -0.4 is 10.6 Å². The van der Waals surface area contributed by atoms with E-state index in [-0.39, 0.29) is 30.7 Å². The SMILES string of the molecule is CC(C)CCN1CCC(CNC(=O)CC2CCCN2)CC1.Cl.Cl. The second kappa shape index (κ2) is 12.3. The van der Waals surface area contributed by atoms with E-state index >= 15 is 0 Å². The molecule has 138 valence electrons. The van der Waals surface area contributed by atoms with Gasteiger partial charge in [0.25, 0.3) is 0 Å². The molecule has 2 saturated heterocycles. The van der Waals surface area contributed by atoms with Gasteiger partial charge in [0.05, 0.1) is 0 Å². The highest BCUT2D eigenvalue weighted by atomic mass is 35.5. The zero-order chi connectivity index (χ0) is 15.1. The van der Waals surface area contributed by atoms with E-state index in [1.165, 1.54) is 45.3 Å². The maximum Gasteiger partial charge on any atom is 0.221 e. The fourth-order valence-corrected chi connectivity index (χ4v) is 3.34. The van der Waals surface area contributed by atoms with Crippen LogP contribution in [0.1, 0.15) is 52.4 Å². The topological polar surface area (TPSA) is 44.4 Å². The number of nitrogens with zero attached hydrogens (tertiary/aromatic N) is 1. The lowest BCUT2D eigenvalue weighted by atomic mass is 9.96. The number of nitrogens with one attached hydrogen (secondary N) is 2. The van der Waals surface area contributed by atoms with Crippen LogP contribution in [-0.2, 0) is 4.79 Å². The number of rotatable bonds is 7. The molecule has 2 rings (SSSR count). The summed E-state index contributed by atoms with van der Waals surface area (Å²) >= 11 is 0. The van der Waals surface area contributed by atoms with Crippen molar-refractivity contribution < 1.29 is 4.79 Å². The maximum atomic E-state index is 11.9. The Morgan fingerprint density at radius 3 is 2.48 bits per heavy atom. The molecule has 0 aliphatic carbocycles. The molecule has 4 nitrogen and oxygen atoms in total. The minimum absolute atomic E-state index is 0. The summed E-state index contributed by atoms with van der Waals surface area (Å²) in [5, 5.41) is 6.53. The van der Waals surface area contributed by atoms with Gasteiger partial charge in [-0.15, -0.1) is 24.8 Å². The molecule has 0 bridgehead atoms. The van der Waals surface area contributed by atoms with Gasteiger partial charge in [0.15, 0.2) is 0 Å². The summed E-state index contributed by atoms with van der Waals surface area (Å²) < 4.78 is 0. The molecule has 0 aromatic carbocycles. The van der Waals surface area contributed by atoms with Crippen LogP contribution in [0, 0.1) is 11.8 Å². The van der Waals surface area contributed by atoms with E-state index in [2.05, 4.69) is 29.4 Å². The maximum absolute atomic E-state index is 11.9. The van der Waals surface area contributed by atoms with Gasteiger partial charge in [0, 0.05) is 19.0 Å². The number of amides is 1. The van der Waals surface area contributed by atoms with E-state index in [9.17, 15) is 4.79 Å². The minimum atomic E-state index is 0. The molecular formula is C17H35Cl2N3O. The quantitative estimate of drug-likeness (QED) is 0.726. The number of halogens is 2. The van der Waals surface area contributed by atoms with Crippen molar-refractivity contribution in [3.8, 4) is 0 Å². The Balaban J connectivity index is 0.00000242. The van der Waals surface area contributed by atoms with Gasteiger partial charge in [0.2, 0.25) is 5.91 Å². The first-order valence-corrected chi connectivity index (χ1v) is 8.86. The van der Waals surface area contributed by atoms with Crippen molar-refractivity contribution in [1.29, 1.82) is 0 Å². The molecule has 23 heavy (non-hydrogen) atoms. The first-order chi connectivity index (χ1) is 10.1. The van der Waals surface area contributed by atoms with Gasteiger partial charge in [-0.1, -0.05) is 13.8 Å². The first kappa shape index (κ1) is 23.0. The van der Waals surface area contributed by atoms with Gasteiger partial charge in [0.1, 0.15) is 0 Å². The molecule has 0 radical (unpaired) electrons. The lowest BCUT2D eigenvalue weighted by Crippen LogP contribution is -2.40. The highest BCUT2D eigenvalue weighted by Crippen LogP contribution is 2.17. The van der Waals surface area contributed by atoms with Crippen molar-refractivity contribution in [3.05, 3.63) is 0 Å². The lowest BCUT2D eigenvalue weighted by Gasteiger charge is -2.32. The number of hydrogen-bond acceptors (Lipinski definition) is 3. The van der Waals surface area contributed by atoms with Gasteiger partial charge in [-0.25, -0.2) is 0 Å². The third kappa shape index (κ3) is 9.13. The summed E-state index contributed by atoms with van der Waals surface area (Å²) in [4.78, 5) is 14.5. The Labute approximate surface area is 154 Å². The summed E-state index contributed by atoms with van der Waals surface area (Å²) in [5.74, 6) is 1.71. The van der Waals surface area contributed by atoms with Gasteiger partial charge >= 0.3 is 0 Å². The number of carbonyl (C=O) groups is 1. The van der Waals surface area contributed by atoms with Crippen molar-refractivity contribution in [2.75, 3.05) is 32.7 Å². The average Bonchev–Trinajstić information content (AvgIpc) is 2.97. The second-order valence-corrected chi connectivity index (χ2v) is 7.27. The Morgan fingerprint density at radius 2 is 1.91 bits per heavy atom. The molecule has 1 atom stereocenters. The van der Waals surface area contributed by atoms with Crippen LogP contribution in [0.25, 0.3) is 0 Å². The van der Waals surface area contributed by atoms with Crippen LogP contribution in [0.5, 0.6) is 0 Å². The van der Waals surface area contributed by atoms with Crippen LogP contribution in [0.4, 0.5) is 0 Å². The van der Waals surface area contributed by atoms with E-state index < -0.39 is 0 Å². The predicted octanol–water partition coefficient (Wildman–Crippen LogP) is 2.85. The van der Waals surface area contributed by atoms with E-state index in [1.54, 1.807) is 0 Å². The number of piperidine rings is 1. The lowest BCUT2D eigenvalue weighted by molar-refractivity contribution is -0.121. The van der Waals surface area contributed by atoms with Gasteiger partial charge in [-0.3, -0.25) is 4.79 Å². The largest absolute Gasteiger partial charge is 0.356 e. The van der Waals surface area contributed by atoms with Crippen molar-refractivity contribution in [1.82, 2.24) is 15.5 Å². The average molecular weight is 368 g/mol. The first-order valence-electron chi connectivity index (χ1n) is 8.86. The standard InChI is InChI=1S/C17H33N3O.2ClH/c1-14(2)5-9-20-10-6-15(7-11-20)13-19-17(21)12-16-4-3-8-18-16;;/h14-16,18H,3-13H2,1-2H3,(H,19,21);2*1H. The van der Waals surface area contributed by atoms with E-state index in [0.717, 1.165) is 25.4 Å². The van der Waals surface area contributed by atoms with Gasteiger partial charge < -0.3 is 15.5 Å². The number of likely N-dealkylation sites (tertiary alicyclic amines) is 1. The van der Waals surface area contributed by atoms with Crippen LogP contribution in [0.2, 0.25) is 0 Å². The Kier molecular flexibility index (Phi) is 12.3.